The molecule has 2 saturated carbocycles. The van der Waals surface area contributed by atoms with E-state index in [1.54, 1.807) is 6.26 Å². The molecule has 0 N–H and O–H groups in total. The second-order valence-corrected chi connectivity index (χ2v) is 24.7. The Hall–Kier alpha value is -8.72. The smallest absolute Gasteiger partial charge is 0.112 e. The lowest BCUT2D eigenvalue weighted by Crippen LogP contribution is -2.35. The number of hydrogen-bond acceptors (Lipinski definition) is 20. The molecule has 20 heteroatoms. The molecule has 1 aromatic rings. The molecule has 2 aliphatic rings. The lowest BCUT2D eigenvalue weighted by molar-refractivity contribution is -0.0119. The zero-order valence-corrected chi connectivity index (χ0v) is 70.9. The van der Waals surface area contributed by atoms with Gasteiger partial charge in [0.25, 0.3) is 0 Å². The van der Waals surface area contributed by atoms with Gasteiger partial charge in [-0.2, -0.15) is 0 Å². The molecule has 0 bridgehead atoms. The van der Waals surface area contributed by atoms with Gasteiger partial charge in [-0.05, 0) is 125 Å². The summed E-state index contributed by atoms with van der Waals surface area (Å²) < 4.78 is 101. The molecule has 2 aliphatic carbocycles. The largest absolute Gasteiger partial charge is 0.502 e. The highest BCUT2D eigenvalue weighted by Gasteiger charge is 2.31. The summed E-state index contributed by atoms with van der Waals surface area (Å²) in [4.78, 5) is 0. The molecule has 1 aromatic carbocycles. The standard InChI is InChI=1S/C13H24O2.C12H20O3.C12H20O2.C12H14O2.C10H18O4.C10H20O.C8H14O3.C8H14O2.C8H14O/c1-3-14-12-10-8-6-5-7-9-11-13-15-4-2;1-5-12(9-13-6-2,10-14-7-3)11-15-8-4;1-3-13-9-11-5-7-12(8-6-11)10-14-4-2;1-3-13-9-11-6-5-7-12(8-11)10-14-4-2;1-3-11-5-7-13-9-10-14-8-6-12-4-2;1-4-7-8-10(5-2)9-11-6-3;1-3-9-5-7-11-8-6-10-4-2;1-3-9-7-5-6-8-10-4-2;1-2-9-8-6-4-3-5-7-8/h3-4H,1-2,5-13H2;6-8H,2-5,9-11H2,1H3;3-4,11-12H,1-2,5-10H2;3-8H,1-2,9-10H2;3-4H,1-2,5-10H2;6,10H,3-5,7-9H2,1-2H3;3-4H,1-2,5-8H2;3-4H,1-2,5-8H2;2,8H,1,3-7H2. The number of ether oxygens (including phenoxy) is 20. The first-order chi connectivity index (χ1) is 55.4. The molecule has 0 spiro atoms. The van der Waals surface area contributed by atoms with Gasteiger partial charge in [-0.3, -0.25) is 0 Å². The summed E-state index contributed by atoms with van der Waals surface area (Å²) in [5, 5.41) is 0. The number of benzene rings is 1. The molecular formula is C93H158O20. The minimum absolute atomic E-state index is 0.184. The van der Waals surface area contributed by atoms with Crippen LogP contribution < -0.4 is 0 Å². The third kappa shape index (κ3) is 97.4. The van der Waals surface area contributed by atoms with Crippen LogP contribution in [0, 0.1) is 23.2 Å². The maximum atomic E-state index is 5.25. The summed E-state index contributed by atoms with van der Waals surface area (Å²) in [5.74, 6) is 2.16. The molecule has 113 heavy (non-hydrogen) atoms. The first-order valence-electron chi connectivity index (χ1n) is 40.1. The van der Waals surface area contributed by atoms with Crippen molar-refractivity contribution in [3.63, 3.8) is 0 Å². The van der Waals surface area contributed by atoms with Crippen LogP contribution in [-0.4, -0.2) is 138 Å². The Kier molecular flexibility index (Phi) is 107. The third-order valence-electron chi connectivity index (χ3n) is 16.2. The van der Waals surface area contributed by atoms with E-state index in [-0.39, 0.29) is 5.41 Å². The summed E-state index contributed by atoms with van der Waals surface area (Å²) in [7, 11) is 0. The Morgan fingerprint density at radius 2 is 0.637 bits per heavy atom. The summed E-state index contributed by atoms with van der Waals surface area (Å²) in [5.41, 5.74) is 2.03. The van der Waals surface area contributed by atoms with E-state index in [0.29, 0.717) is 117 Å². The maximum absolute atomic E-state index is 5.25. The van der Waals surface area contributed by atoms with Gasteiger partial charge in [0.05, 0.1) is 224 Å². The van der Waals surface area contributed by atoms with Gasteiger partial charge in [0.1, 0.15) is 39.6 Å². The zero-order chi connectivity index (χ0) is 84.8. The SMILES string of the molecule is C=COC1CCCCC1.C=COCC(CC)(COC=C)COC=C.C=COCC(CC)CCCC.C=COCC1CCC(COC=C)CC1.C=COCCCCCCCCCOC=C.C=COCCCCOC=C.C=COCCOCCOC=C.C=COCCOCCOCCOC=C.C=COCc1cccc(COC=C)c1. The van der Waals surface area contributed by atoms with Crippen molar-refractivity contribution in [2.45, 2.75) is 188 Å². The normalized spacial score (nSPS) is 12.7. The van der Waals surface area contributed by atoms with Gasteiger partial charge >= 0.3 is 0 Å². The fraction of sp³-hybridized carbons (Fsp3) is 0.570. The Balaban J connectivity index is -0.000000286. The molecule has 0 aromatic heterocycles. The van der Waals surface area contributed by atoms with E-state index >= 15 is 0 Å². The summed E-state index contributed by atoms with van der Waals surface area (Å²) >= 11 is 0. The van der Waals surface area contributed by atoms with Gasteiger partial charge in [0.15, 0.2) is 0 Å². The molecule has 0 aliphatic heterocycles. The van der Waals surface area contributed by atoms with Crippen LogP contribution in [0.1, 0.15) is 180 Å². The van der Waals surface area contributed by atoms with Crippen LogP contribution >= 0.6 is 0 Å². The van der Waals surface area contributed by atoms with Crippen molar-refractivity contribution >= 4 is 0 Å². The van der Waals surface area contributed by atoms with Crippen molar-refractivity contribution in [2.75, 3.05) is 132 Å². The summed E-state index contributed by atoms with van der Waals surface area (Å²) in [6.45, 7) is 79.3. The average Bonchev–Trinajstić information content (AvgIpc) is 0.893. The van der Waals surface area contributed by atoms with E-state index in [1.165, 1.54) is 216 Å². The van der Waals surface area contributed by atoms with Crippen molar-refractivity contribution in [3.8, 4) is 0 Å². The molecule has 1 unspecified atom stereocenters. The minimum Gasteiger partial charge on any atom is -0.502 e. The Labute approximate surface area is 688 Å². The summed E-state index contributed by atoms with van der Waals surface area (Å²) in [6.07, 6.45) is 53.5. The van der Waals surface area contributed by atoms with Crippen LogP contribution in [-0.2, 0) is 108 Å². The molecule has 650 valence electrons. The van der Waals surface area contributed by atoms with E-state index in [9.17, 15) is 0 Å². The van der Waals surface area contributed by atoms with Crippen LogP contribution in [0.15, 0.2) is 243 Å². The highest BCUT2D eigenvalue weighted by atomic mass is 16.6. The lowest BCUT2D eigenvalue weighted by atomic mass is 9.83. The highest BCUT2D eigenvalue weighted by Crippen LogP contribution is 2.29. The topological polar surface area (TPSA) is 185 Å². The molecule has 0 amide bonds. The average molecular weight is 1600 g/mol. The van der Waals surface area contributed by atoms with Gasteiger partial charge in [-0.1, -0.05) is 209 Å². The number of hydrogen-bond donors (Lipinski definition) is 0. The van der Waals surface area contributed by atoms with Crippen molar-refractivity contribution in [1.29, 1.82) is 0 Å². The molecule has 1 atom stereocenters. The fourth-order valence-corrected chi connectivity index (χ4v) is 9.81. The molecule has 0 saturated heterocycles. The Bertz CT molecular complexity index is 2140. The van der Waals surface area contributed by atoms with Crippen LogP contribution in [0.25, 0.3) is 0 Å². The van der Waals surface area contributed by atoms with Crippen LogP contribution in [0.5, 0.6) is 0 Å². The maximum Gasteiger partial charge on any atom is 0.112 e. The molecular weight excluding hydrogens is 1440 g/mol. The molecule has 3 rings (SSSR count). The Morgan fingerprint density at radius 1 is 0.327 bits per heavy atom. The monoisotopic (exact) mass is 1600 g/mol. The van der Waals surface area contributed by atoms with Gasteiger partial charge in [-0.25, -0.2) is 0 Å². The summed E-state index contributed by atoms with van der Waals surface area (Å²) in [6, 6.07) is 8.01. The van der Waals surface area contributed by atoms with Crippen LogP contribution in [0.4, 0.5) is 0 Å². The van der Waals surface area contributed by atoms with Crippen molar-refractivity contribution in [1.82, 2.24) is 0 Å². The third-order valence-corrected chi connectivity index (χ3v) is 16.2. The van der Waals surface area contributed by atoms with E-state index in [0.717, 1.165) is 95.4 Å². The molecule has 20 nitrogen and oxygen atoms in total. The van der Waals surface area contributed by atoms with E-state index in [2.05, 4.69) is 133 Å². The lowest BCUT2D eigenvalue weighted by Gasteiger charge is -2.30. The molecule has 0 radical (unpaired) electrons. The van der Waals surface area contributed by atoms with Gasteiger partial charge in [0.2, 0.25) is 0 Å². The van der Waals surface area contributed by atoms with E-state index in [4.69, 9.17) is 94.7 Å². The van der Waals surface area contributed by atoms with E-state index in [1.807, 2.05) is 24.3 Å². The zero-order valence-electron chi connectivity index (χ0n) is 70.9. The second-order valence-electron chi connectivity index (χ2n) is 24.7. The Morgan fingerprint density at radius 3 is 0.938 bits per heavy atom. The van der Waals surface area contributed by atoms with Gasteiger partial charge < -0.3 is 94.7 Å². The van der Waals surface area contributed by atoms with Gasteiger partial charge in [0, 0.05) is 0 Å². The van der Waals surface area contributed by atoms with Crippen molar-refractivity contribution < 1.29 is 94.7 Å². The molecule has 2 fully saturated rings. The van der Waals surface area contributed by atoms with Crippen molar-refractivity contribution in [3.05, 3.63) is 254 Å². The predicted molar refractivity (Wildman–Crippen MR) is 466 cm³/mol. The second kappa shape index (κ2) is 105. The number of rotatable bonds is 69. The fourth-order valence-electron chi connectivity index (χ4n) is 9.81. The van der Waals surface area contributed by atoms with Gasteiger partial charge in [-0.15, -0.1) is 0 Å². The first kappa shape index (κ1) is 115. The quantitative estimate of drug-likeness (QED) is 0.0442. The number of unbranched alkanes of at least 4 members (excludes halogenated alkanes) is 8. The minimum atomic E-state index is -0.184. The first-order valence-corrected chi connectivity index (χ1v) is 40.1. The highest BCUT2D eigenvalue weighted by molar-refractivity contribution is 5.22. The van der Waals surface area contributed by atoms with E-state index < -0.39 is 0 Å². The van der Waals surface area contributed by atoms with Crippen LogP contribution in [0.3, 0.4) is 0 Å². The van der Waals surface area contributed by atoms with Crippen molar-refractivity contribution in [2.24, 2.45) is 23.2 Å². The van der Waals surface area contributed by atoms with Crippen LogP contribution in [0.2, 0.25) is 0 Å². The molecule has 0 heterocycles. The predicted octanol–water partition coefficient (Wildman–Crippen LogP) is 23.6.